The van der Waals surface area contributed by atoms with Crippen molar-refractivity contribution in [2.75, 3.05) is 27.2 Å². The van der Waals surface area contributed by atoms with Crippen LogP contribution in [0.4, 0.5) is 0 Å². The molecule has 0 amide bonds. The molecule has 0 N–H and O–H groups in total. The summed E-state index contributed by atoms with van der Waals surface area (Å²) in [4.78, 5) is 2.12. The highest BCUT2D eigenvalue weighted by Crippen LogP contribution is 2.23. The van der Waals surface area contributed by atoms with Crippen molar-refractivity contribution in [2.24, 2.45) is 7.05 Å². The fourth-order valence-electron chi connectivity index (χ4n) is 1.96. The van der Waals surface area contributed by atoms with Crippen LogP contribution in [0.2, 0.25) is 0 Å². The van der Waals surface area contributed by atoms with Gasteiger partial charge in [0.15, 0.2) is 0 Å². The third kappa shape index (κ3) is 3.66. The third-order valence-electron chi connectivity index (χ3n) is 3.05. The Morgan fingerprint density at radius 1 is 1.21 bits per heavy atom. The Balaban J connectivity index is 2.07. The molecule has 0 saturated heterocycles. The Morgan fingerprint density at radius 2 is 2.00 bits per heavy atom. The van der Waals surface area contributed by atoms with Crippen LogP contribution in [0.15, 0.2) is 36.5 Å². The van der Waals surface area contributed by atoms with Crippen LogP contribution in [-0.2, 0) is 18.4 Å². The minimum atomic E-state index is 0.634. The van der Waals surface area contributed by atoms with Gasteiger partial charge in [-0.3, -0.25) is 4.68 Å². The van der Waals surface area contributed by atoms with Gasteiger partial charge in [0.05, 0.1) is 18.9 Å². The highest BCUT2D eigenvalue weighted by atomic mass is 16.5. The number of hydrogen-bond donors (Lipinski definition) is 0. The van der Waals surface area contributed by atoms with E-state index in [1.165, 1.54) is 11.1 Å². The van der Waals surface area contributed by atoms with Crippen LogP contribution in [-0.4, -0.2) is 41.9 Å². The molecule has 0 saturated carbocycles. The van der Waals surface area contributed by atoms with Gasteiger partial charge < -0.3 is 9.64 Å². The minimum absolute atomic E-state index is 0.634. The minimum Gasteiger partial charge on any atom is -0.375 e. The molecule has 0 aliphatic carbocycles. The summed E-state index contributed by atoms with van der Waals surface area (Å²) in [5.74, 6) is 0. The molecule has 0 aliphatic rings. The van der Waals surface area contributed by atoms with E-state index in [1.54, 1.807) is 0 Å². The Hall–Kier alpha value is -1.65. The standard InChI is InChI=1S/C15H21N3O/c1-17(2)10-11-19-12-13-6-4-5-7-14(13)15-8-9-16-18(15)3/h4-9H,10-12H2,1-3H3. The number of aromatic nitrogens is 2. The molecule has 4 nitrogen and oxygen atoms in total. The molecule has 0 atom stereocenters. The van der Waals surface area contributed by atoms with Crippen LogP contribution in [0.1, 0.15) is 5.56 Å². The summed E-state index contributed by atoms with van der Waals surface area (Å²) in [7, 11) is 6.05. The first-order chi connectivity index (χ1) is 9.18. The monoisotopic (exact) mass is 259 g/mol. The summed E-state index contributed by atoms with van der Waals surface area (Å²) in [6.45, 7) is 2.32. The SMILES string of the molecule is CN(C)CCOCc1ccccc1-c1ccnn1C. The number of nitrogens with zero attached hydrogens (tertiary/aromatic N) is 3. The Bertz CT molecular complexity index is 520. The lowest BCUT2D eigenvalue weighted by Gasteiger charge is -2.12. The van der Waals surface area contributed by atoms with Gasteiger partial charge in [0.2, 0.25) is 0 Å². The molecule has 0 spiro atoms. The molecule has 4 heteroatoms. The van der Waals surface area contributed by atoms with Gasteiger partial charge in [-0.15, -0.1) is 0 Å². The van der Waals surface area contributed by atoms with Crippen LogP contribution >= 0.6 is 0 Å². The molecule has 1 aromatic carbocycles. The van der Waals surface area contributed by atoms with Crippen LogP contribution < -0.4 is 0 Å². The summed E-state index contributed by atoms with van der Waals surface area (Å²) >= 11 is 0. The summed E-state index contributed by atoms with van der Waals surface area (Å²) in [6, 6.07) is 10.3. The Morgan fingerprint density at radius 3 is 2.68 bits per heavy atom. The van der Waals surface area contributed by atoms with Crippen molar-refractivity contribution in [3.63, 3.8) is 0 Å². The molecule has 102 valence electrons. The lowest BCUT2D eigenvalue weighted by molar-refractivity contribution is 0.105. The first-order valence-electron chi connectivity index (χ1n) is 6.47. The zero-order valence-electron chi connectivity index (χ0n) is 11.8. The second-order valence-corrected chi connectivity index (χ2v) is 4.85. The van der Waals surface area contributed by atoms with Crippen LogP contribution in [0.25, 0.3) is 11.3 Å². The number of benzene rings is 1. The third-order valence-corrected chi connectivity index (χ3v) is 3.05. The van der Waals surface area contributed by atoms with E-state index in [1.807, 2.05) is 50.2 Å². The molecule has 1 aromatic heterocycles. The number of aryl methyl sites for hydroxylation is 1. The van der Waals surface area contributed by atoms with E-state index in [0.29, 0.717) is 6.61 Å². The Kier molecular flexibility index (Phi) is 4.71. The first-order valence-corrected chi connectivity index (χ1v) is 6.47. The average molecular weight is 259 g/mol. The lowest BCUT2D eigenvalue weighted by Crippen LogP contribution is -2.18. The van der Waals surface area contributed by atoms with Crippen molar-refractivity contribution in [1.29, 1.82) is 0 Å². The number of ether oxygens (including phenoxy) is 1. The van der Waals surface area contributed by atoms with Gasteiger partial charge in [-0.05, 0) is 25.7 Å². The fourth-order valence-corrected chi connectivity index (χ4v) is 1.96. The van der Waals surface area contributed by atoms with Gasteiger partial charge >= 0.3 is 0 Å². The predicted molar refractivity (Wildman–Crippen MR) is 76.9 cm³/mol. The number of likely N-dealkylation sites (N-methyl/N-ethyl adjacent to an activating group) is 1. The lowest BCUT2D eigenvalue weighted by atomic mass is 10.1. The van der Waals surface area contributed by atoms with Gasteiger partial charge in [0.1, 0.15) is 0 Å². The van der Waals surface area contributed by atoms with E-state index < -0.39 is 0 Å². The van der Waals surface area contributed by atoms with Crippen molar-refractivity contribution in [3.05, 3.63) is 42.1 Å². The van der Waals surface area contributed by atoms with Gasteiger partial charge in [0.25, 0.3) is 0 Å². The maximum absolute atomic E-state index is 5.74. The predicted octanol–water partition coefficient (Wildman–Crippen LogP) is 2.17. The fraction of sp³-hybridized carbons (Fsp3) is 0.400. The van der Waals surface area contributed by atoms with Crippen LogP contribution in [0.3, 0.4) is 0 Å². The quantitative estimate of drug-likeness (QED) is 0.745. The summed E-state index contributed by atoms with van der Waals surface area (Å²) in [5, 5.41) is 4.22. The van der Waals surface area contributed by atoms with E-state index in [2.05, 4.69) is 22.1 Å². The molecular formula is C15H21N3O. The molecule has 2 aromatic rings. The van der Waals surface area contributed by atoms with Crippen molar-refractivity contribution >= 4 is 0 Å². The summed E-state index contributed by atoms with van der Waals surface area (Å²) < 4.78 is 7.63. The van der Waals surface area contributed by atoms with E-state index in [9.17, 15) is 0 Å². The van der Waals surface area contributed by atoms with Gasteiger partial charge in [-0.2, -0.15) is 5.10 Å². The van der Waals surface area contributed by atoms with Crippen LogP contribution in [0, 0.1) is 0 Å². The molecule has 0 radical (unpaired) electrons. The molecule has 2 rings (SSSR count). The molecular weight excluding hydrogens is 238 g/mol. The van der Waals surface area contributed by atoms with E-state index in [-0.39, 0.29) is 0 Å². The van der Waals surface area contributed by atoms with E-state index in [0.717, 1.165) is 18.8 Å². The van der Waals surface area contributed by atoms with Gasteiger partial charge in [-0.1, -0.05) is 24.3 Å². The van der Waals surface area contributed by atoms with Crippen molar-refractivity contribution < 1.29 is 4.74 Å². The molecule has 19 heavy (non-hydrogen) atoms. The number of hydrogen-bond acceptors (Lipinski definition) is 3. The second kappa shape index (κ2) is 6.50. The van der Waals surface area contributed by atoms with Crippen molar-refractivity contribution in [2.45, 2.75) is 6.61 Å². The largest absolute Gasteiger partial charge is 0.375 e. The Labute approximate surface area is 114 Å². The molecule has 0 fully saturated rings. The second-order valence-electron chi connectivity index (χ2n) is 4.85. The molecule has 0 bridgehead atoms. The normalized spacial score (nSPS) is 11.2. The zero-order chi connectivity index (χ0) is 13.7. The number of rotatable bonds is 6. The average Bonchev–Trinajstić information content (AvgIpc) is 2.81. The highest BCUT2D eigenvalue weighted by molar-refractivity contribution is 5.63. The van der Waals surface area contributed by atoms with Gasteiger partial charge in [-0.25, -0.2) is 0 Å². The van der Waals surface area contributed by atoms with E-state index >= 15 is 0 Å². The van der Waals surface area contributed by atoms with Gasteiger partial charge in [0, 0.05) is 25.4 Å². The van der Waals surface area contributed by atoms with E-state index in [4.69, 9.17) is 4.74 Å². The summed E-state index contributed by atoms with van der Waals surface area (Å²) in [5.41, 5.74) is 3.50. The zero-order valence-corrected chi connectivity index (χ0v) is 11.8. The highest BCUT2D eigenvalue weighted by Gasteiger charge is 2.07. The topological polar surface area (TPSA) is 30.3 Å². The molecule has 0 aliphatic heterocycles. The maximum atomic E-state index is 5.74. The smallest absolute Gasteiger partial charge is 0.0724 e. The molecule has 1 heterocycles. The summed E-state index contributed by atoms with van der Waals surface area (Å²) in [6.07, 6.45) is 1.82. The van der Waals surface area contributed by atoms with Crippen molar-refractivity contribution in [1.82, 2.24) is 14.7 Å². The van der Waals surface area contributed by atoms with Crippen molar-refractivity contribution in [3.8, 4) is 11.3 Å². The van der Waals surface area contributed by atoms with Crippen LogP contribution in [0.5, 0.6) is 0 Å². The first kappa shape index (κ1) is 13.8. The molecule has 0 unspecified atom stereocenters. The maximum Gasteiger partial charge on any atom is 0.0724 e.